The summed E-state index contributed by atoms with van der Waals surface area (Å²) in [4.78, 5) is 0. The van der Waals surface area contributed by atoms with Crippen molar-refractivity contribution in [2.24, 2.45) is 0 Å². The van der Waals surface area contributed by atoms with Crippen LogP contribution in [0.2, 0.25) is 0 Å². The highest BCUT2D eigenvalue weighted by molar-refractivity contribution is 9.11. The first-order chi connectivity index (χ1) is 7.59. The molecule has 1 unspecified atom stereocenters. The third kappa shape index (κ3) is 2.36. The minimum Gasteiger partial charge on any atom is -0.467 e. The smallest absolute Gasteiger partial charge is 0.126 e. The Hall–Kier alpha value is -0.250. The Bertz CT molecular complexity index is 494. The summed E-state index contributed by atoms with van der Waals surface area (Å²) in [6, 6.07) is 7.76. The van der Waals surface area contributed by atoms with Gasteiger partial charge >= 0.3 is 0 Å². The van der Waals surface area contributed by atoms with E-state index in [1.807, 2.05) is 31.2 Å². The Balaban J connectivity index is 2.44. The molecule has 0 fully saturated rings. The lowest BCUT2D eigenvalue weighted by atomic mass is 10.1. The molecule has 4 heteroatoms. The molecule has 1 heterocycles. The Morgan fingerprint density at radius 3 is 2.62 bits per heavy atom. The first-order valence-electron chi connectivity index (χ1n) is 4.72. The van der Waals surface area contributed by atoms with E-state index >= 15 is 0 Å². The second-order valence-electron chi connectivity index (χ2n) is 3.50. The van der Waals surface area contributed by atoms with Crippen molar-refractivity contribution in [2.75, 3.05) is 0 Å². The molecular weight excluding hydrogens is 355 g/mol. The van der Waals surface area contributed by atoms with Gasteiger partial charge in [-0.1, -0.05) is 31.9 Å². The molecule has 84 valence electrons. The van der Waals surface area contributed by atoms with Crippen molar-refractivity contribution >= 4 is 43.5 Å². The van der Waals surface area contributed by atoms with Crippen molar-refractivity contribution in [1.29, 1.82) is 0 Å². The summed E-state index contributed by atoms with van der Waals surface area (Å²) >= 11 is 13.4. The average Bonchev–Trinajstić information content (AvgIpc) is 2.75. The van der Waals surface area contributed by atoms with Crippen LogP contribution in [0, 0.1) is 6.92 Å². The lowest BCUT2D eigenvalue weighted by Gasteiger charge is -2.11. The summed E-state index contributed by atoms with van der Waals surface area (Å²) < 4.78 is 7.34. The molecule has 0 spiro atoms. The minimum atomic E-state index is -0.277. The van der Waals surface area contributed by atoms with Crippen LogP contribution in [0.5, 0.6) is 0 Å². The molecule has 0 aliphatic rings. The van der Waals surface area contributed by atoms with E-state index in [2.05, 4.69) is 31.9 Å². The van der Waals surface area contributed by atoms with E-state index in [1.165, 1.54) is 5.56 Å². The van der Waals surface area contributed by atoms with Gasteiger partial charge in [-0.25, -0.2) is 0 Å². The lowest BCUT2D eigenvalue weighted by molar-refractivity contribution is 0.516. The number of aryl methyl sites for hydroxylation is 1. The number of alkyl halides is 1. The molecule has 1 aromatic heterocycles. The Kier molecular flexibility index (Phi) is 3.77. The van der Waals surface area contributed by atoms with Gasteiger partial charge in [0.15, 0.2) is 0 Å². The topological polar surface area (TPSA) is 13.1 Å². The van der Waals surface area contributed by atoms with Gasteiger partial charge in [0.1, 0.15) is 11.1 Å². The van der Waals surface area contributed by atoms with Gasteiger partial charge in [-0.2, -0.15) is 0 Å². The number of hydrogen-bond donors (Lipinski definition) is 0. The second-order valence-corrected chi connectivity index (χ2v) is 5.65. The summed E-state index contributed by atoms with van der Waals surface area (Å²) in [5.41, 5.74) is 2.16. The maximum absolute atomic E-state index is 6.36. The predicted octanol–water partition coefficient (Wildman–Crippen LogP) is 5.44. The van der Waals surface area contributed by atoms with E-state index in [1.54, 1.807) is 6.26 Å². The number of benzene rings is 1. The Labute approximate surface area is 116 Å². The molecule has 2 aromatic rings. The molecular formula is C12H9Br2ClO. The number of halogens is 3. The molecule has 2 rings (SSSR count). The first-order valence-corrected chi connectivity index (χ1v) is 6.75. The maximum Gasteiger partial charge on any atom is 0.126 e. The SMILES string of the molecule is Cc1cc(Br)c(C(Cl)c2ccco2)cc1Br. The van der Waals surface area contributed by atoms with Gasteiger partial charge in [-0.3, -0.25) is 0 Å². The Morgan fingerprint density at radius 1 is 1.25 bits per heavy atom. The number of hydrogen-bond acceptors (Lipinski definition) is 1. The monoisotopic (exact) mass is 362 g/mol. The van der Waals surface area contributed by atoms with Crippen molar-refractivity contribution in [1.82, 2.24) is 0 Å². The quantitative estimate of drug-likeness (QED) is 0.647. The van der Waals surface area contributed by atoms with Crippen molar-refractivity contribution in [3.05, 3.63) is 56.4 Å². The van der Waals surface area contributed by atoms with E-state index < -0.39 is 0 Å². The van der Waals surface area contributed by atoms with Gasteiger partial charge in [-0.15, -0.1) is 11.6 Å². The van der Waals surface area contributed by atoms with Crippen LogP contribution in [0.4, 0.5) is 0 Å². The second kappa shape index (κ2) is 4.94. The molecule has 0 bridgehead atoms. The molecule has 1 atom stereocenters. The summed E-state index contributed by atoms with van der Waals surface area (Å²) in [5.74, 6) is 0.748. The van der Waals surface area contributed by atoms with Gasteiger partial charge in [-0.05, 0) is 42.3 Å². The largest absolute Gasteiger partial charge is 0.467 e. The molecule has 0 N–H and O–H groups in total. The highest BCUT2D eigenvalue weighted by atomic mass is 79.9. The van der Waals surface area contributed by atoms with Crippen molar-refractivity contribution in [2.45, 2.75) is 12.3 Å². The number of rotatable bonds is 2. The van der Waals surface area contributed by atoms with E-state index in [4.69, 9.17) is 16.0 Å². The first kappa shape index (κ1) is 12.2. The van der Waals surface area contributed by atoms with Crippen LogP contribution in [0.1, 0.15) is 22.3 Å². The molecule has 16 heavy (non-hydrogen) atoms. The molecule has 0 amide bonds. The van der Waals surface area contributed by atoms with Crippen molar-refractivity contribution < 1.29 is 4.42 Å². The average molecular weight is 364 g/mol. The zero-order valence-corrected chi connectivity index (χ0v) is 12.4. The van der Waals surface area contributed by atoms with Crippen LogP contribution in [0.15, 0.2) is 43.9 Å². The molecule has 1 nitrogen and oxygen atoms in total. The van der Waals surface area contributed by atoms with Gasteiger partial charge < -0.3 is 4.42 Å². The van der Waals surface area contributed by atoms with E-state index in [-0.39, 0.29) is 5.38 Å². The van der Waals surface area contributed by atoms with Crippen molar-refractivity contribution in [3.63, 3.8) is 0 Å². The Morgan fingerprint density at radius 2 is 2.00 bits per heavy atom. The van der Waals surface area contributed by atoms with Crippen LogP contribution in [0.3, 0.4) is 0 Å². The zero-order valence-electron chi connectivity index (χ0n) is 8.51. The fraction of sp³-hybridized carbons (Fsp3) is 0.167. The summed E-state index contributed by atoms with van der Waals surface area (Å²) in [7, 11) is 0. The zero-order chi connectivity index (χ0) is 11.7. The van der Waals surface area contributed by atoms with Crippen LogP contribution in [-0.4, -0.2) is 0 Å². The molecule has 0 aliphatic heterocycles. The van der Waals surface area contributed by atoms with E-state index in [0.717, 1.165) is 20.3 Å². The molecule has 0 saturated heterocycles. The summed E-state index contributed by atoms with van der Waals surface area (Å²) in [6.45, 7) is 2.04. The predicted molar refractivity (Wildman–Crippen MR) is 73.0 cm³/mol. The number of furan rings is 1. The fourth-order valence-corrected chi connectivity index (χ4v) is 2.93. The minimum absolute atomic E-state index is 0.277. The van der Waals surface area contributed by atoms with Gasteiger partial charge in [0.2, 0.25) is 0 Å². The highest BCUT2D eigenvalue weighted by Crippen LogP contribution is 2.36. The van der Waals surface area contributed by atoms with E-state index in [9.17, 15) is 0 Å². The van der Waals surface area contributed by atoms with Gasteiger partial charge in [0.25, 0.3) is 0 Å². The van der Waals surface area contributed by atoms with Crippen LogP contribution in [-0.2, 0) is 0 Å². The van der Waals surface area contributed by atoms with Gasteiger partial charge in [0.05, 0.1) is 6.26 Å². The summed E-state index contributed by atoms with van der Waals surface area (Å²) in [6.07, 6.45) is 1.63. The normalized spacial score (nSPS) is 12.8. The lowest BCUT2D eigenvalue weighted by Crippen LogP contribution is -1.94. The maximum atomic E-state index is 6.36. The molecule has 0 saturated carbocycles. The highest BCUT2D eigenvalue weighted by Gasteiger charge is 2.17. The molecule has 0 aliphatic carbocycles. The molecule has 0 radical (unpaired) electrons. The standard InChI is InChI=1S/C12H9Br2ClO/c1-7-5-10(14)8(6-9(7)13)12(15)11-3-2-4-16-11/h2-6,12H,1H3. The molecule has 1 aromatic carbocycles. The fourth-order valence-electron chi connectivity index (χ4n) is 1.44. The van der Waals surface area contributed by atoms with Crippen LogP contribution in [0.25, 0.3) is 0 Å². The van der Waals surface area contributed by atoms with Crippen LogP contribution >= 0.6 is 43.5 Å². The van der Waals surface area contributed by atoms with Crippen molar-refractivity contribution in [3.8, 4) is 0 Å². The van der Waals surface area contributed by atoms with Crippen LogP contribution < -0.4 is 0 Å². The van der Waals surface area contributed by atoms with E-state index in [0.29, 0.717) is 0 Å². The third-order valence-corrected chi connectivity index (χ3v) is 4.34. The third-order valence-electron chi connectivity index (χ3n) is 2.34. The van der Waals surface area contributed by atoms with Gasteiger partial charge in [0, 0.05) is 8.95 Å². The summed E-state index contributed by atoms with van der Waals surface area (Å²) in [5, 5.41) is -0.277.